The summed E-state index contributed by atoms with van der Waals surface area (Å²) in [5, 5.41) is 0. The van der Waals surface area contributed by atoms with Crippen LogP contribution in [0.4, 0.5) is 0 Å². The number of hydrogen-bond donors (Lipinski definition) is 0. The number of hydrogen-bond acceptors (Lipinski definition) is 3. The van der Waals surface area contributed by atoms with Gasteiger partial charge >= 0.3 is 331 Å². The zero-order chi connectivity index (χ0) is 59.0. The quantitative estimate of drug-likeness (QED) is 0.0288. The normalized spacial score (nSPS) is 12.6. The van der Waals surface area contributed by atoms with E-state index >= 15 is 9.59 Å². The molecule has 4 nitrogen and oxygen atoms in total. The van der Waals surface area contributed by atoms with Crippen molar-refractivity contribution in [1.29, 1.82) is 0 Å². The first kappa shape index (κ1) is 72.1. The van der Waals surface area contributed by atoms with Crippen molar-refractivity contribution in [3.05, 3.63) is 77.7 Å². The molecule has 0 aromatic carbocycles. The van der Waals surface area contributed by atoms with Gasteiger partial charge in [-0.2, -0.15) is 0 Å². The summed E-state index contributed by atoms with van der Waals surface area (Å²) in [7, 11) is 0. The van der Waals surface area contributed by atoms with Crippen LogP contribution in [-0.4, -0.2) is 50.0 Å². The molecule has 0 saturated carbocycles. The molecule has 0 aliphatic rings. The summed E-state index contributed by atoms with van der Waals surface area (Å²) in [5.41, 5.74) is 4.00. The number of rotatable bonds is 53. The van der Waals surface area contributed by atoms with E-state index in [-0.39, 0.29) is 11.1 Å². The number of thiophene rings is 1. The number of pyridine rings is 2. The molecule has 0 amide bonds. The summed E-state index contributed by atoms with van der Waals surface area (Å²) >= 11 is 0.483. The third-order valence-electron chi connectivity index (χ3n) is 18.6. The summed E-state index contributed by atoms with van der Waals surface area (Å²) < 4.78 is 9.65. The van der Waals surface area contributed by atoms with Gasteiger partial charge in [-0.1, -0.05) is 207 Å². The second-order valence-electron chi connectivity index (χ2n) is 26.0. The SMILES string of the molecule is CCCCCCCCCCCCC(CCCCCCCCCC)CCCCn1c(=O)c(-c2ccc(C)[te]2)cc2c1cc(-c1ccc(-c3ccc(C)s3)[te]1)c(=O)n2CCCCC(CCCCCCCCCC)CCCCCCCCCCCC. The van der Waals surface area contributed by atoms with Crippen LogP contribution in [0.15, 0.2) is 58.1 Å². The van der Waals surface area contributed by atoms with E-state index in [1.807, 2.05) is 11.3 Å². The van der Waals surface area contributed by atoms with Crippen molar-refractivity contribution in [2.75, 3.05) is 0 Å². The molecular weight excluding hydrogens is 1260 g/mol. The van der Waals surface area contributed by atoms with Crippen molar-refractivity contribution in [1.82, 2.24) is 9.13 Å². The third-order valence-corrected chi connectivity index (χ3v) is 26.2. The molecule has 0 radical (unpaired) electrons. The van der Waals surface area contributed by atoms with E-state index in [9.17, 15) is 0 Å². The molecule has 0 N–H and O–H groups in total. The van der Waals surface area contributed by atoms with E-state index in [0.29, 0.717) is 6.54 Å². The van der Waals surface area contributed by atoms with E-state index in [1.54, 1.807) is 0 Å². The minimum Gasteiger partial charge on any atom is -0.0654 e. The topological polar surface area (TPSA) is 44.0 Å². The van der Waals surface area contributed by atoms with Crippen LogP contribution in [0.2, 0.25) is 0 Å². The fourth-order valence-corrected chi connectivity index (χ4v) is 19.9. The van der Waals surface area contributed by atoms with Gasteiger partial charge in [-0.25, -0.2) is 0 Å². The fourth-order valence-electron chi connectivity index (χ4n) is 13.3. The Morgan fingerprint density at radius 3 is 0.964 bits per heavy atom. The fraction of sp³-hybridized carbons (Fsp3) is 0.737. The van der Waals surface area contributed by atoms with Crippen molar-refractivity contribution >= 4 is 63.2 Å². The monoisotopic (exact) mass is 1390 g/mol. The van der Waals surface area contributed by atoms with Gasteiger partial charge < -0.3 is 0 Å². The molecule has 2 unspecified atom stereocenters. The Morgan fingerprint density at radius 1 is 0.349 bits per heavy atom. The zero-order valence-electron chi connectivity index (χ0n) is 54.7. The molecule has 0 bridgehead atoms. The summed E-state index contributed by atoms with van der Waals surface area (Å²) in [6.07, 6.45) is 62.4. The zero-order valence-corrected chi connectivity index (χ0v) is 60.1. The Bertz CT molecular complexity index is 2520. The minimum absolute atomic E-state index is 0.157. The minimum atomic E-state index is -0.774. The second-order valence-corrected chi connectivity index (χ2v) is 34.0. The molecule has 468 valence electrons. The number of aryl methyl sites for hydroxylation is 4. The van der Waals surface area contributed by atoms with Gasteiger partial charge in [0.15, 0.2) is 0 Å². The molecule has 5 heterocycles. The molecule has 0 aliphatic carbocycles. The molecule has 0 saturated heterocycles. The Hall–Kier alpha value is -1.60. The van der Waals surface area contributed by atoms with Crippen molar-refractivity contribution in [3.63, 3.8) is 0 Å². The Morgan fingerprint density at radius 2 is 0.651 bits per heavy atom. The first-order valence-electron chi connectivity index (χ1n) is 35.8. The molecule has 2 atom stereocenters. The van der Waals surface area contributed by atoms with E-state index < -0.39 is 40.9 Å². The van der Waals surface area contributed by atoms with Crippen molar-refractivity contribution in [2.24, 2.45) is 11.8 Å². The van der Waals surface area contributed by atoms with Crippen LogP contribution >= 0.6 is 11.3 Å². The predicted octanol–water partition coefficient (Wildman–Crippen LogP) is 24.2. The molecule has 0 aliphatic heterocycles. The van der Waals surface area contributed by atoms with Crippen LogP contribution in [0.3, 0.4) is 0 Å². The first-order chi connectivity index (χ1) is 40.8. The molecule has 0 fully saturated rings. The average molecular weight is 1390 g/mol. The average Bonchev–Trinajstić information content (AvgIpc) is 4.49. The van der Waals surface area contributed by atoms with Crippen LogP contribution < -0.4 is 11.1 Å². The molecular formula is C76H124N2O2STe2. The van der Waals surface area contributed by atoms with E-state index in [4.69, 9.17) is 0 Å². The summed E-state index contributed by atoms with van der Waals surface area (Å²) in [6.45, 7) is 15.1. The standard InChI is InChI=1S/C76H124N2O2STe2/c1-7-11-15-19-23-27-29-33-37-41-49-65(47-39-35-31-25-21-17-13-9-3)51-43-45-59-77-70-62-68(73-57-58-74(83-73)71-55-53-63(5)81-71)76(80)78(69(70)61-67(75(77)79)72-56-54-64(6)82-72)60-46-44-52-66(48-40-36-32-26-22-18-14-10-4)50-42-38-34-30-28-24-20-16-12-8-2/h53-58,61-62,65-66H,7-52,59-60H2,1-6H3. The second kappa shape index (κ2) is 45.6. The molecule has 5 rings (SSSR count). The van der Waals surface area contributed by atoms with Gasteiger partial charge in [0.2, 0.25) is 0 Å². The maximum absolute atomic E-state index is 15.4. The maximum atomic E-state index is 15.4. The Kier molecular flexibility index (Phi) is 39.7. The van der Waals surface area contributed by atoms with Crippen molar-refractivity contribution in [2.45, 2.75) is 350 Å². The van der Waals surface area contributed by atoms with Gasteiger partial charge in [-0.15, -0.1) is 0 Å². The van der Waals surface area contributed by atoms with Gasteiger partial charge in [-0.3, -0.25) is 0 Å². The van der Waals surface area contributed by atoms with E-state index in [1.165, 1.54) is 294 Å². The first-order valence-corrected chi connectivity index (χ1v) is 41.3. The van der Waals surface area contributed by atoms with Crippen LogP contribution in [0.25, 0.3) is 37.8 Å². The summed E-state index contributed by atoms with van der Waals surface area (Å²) in [6, 6.07) is 17.9. The van der Waals surface area contributed by atoms with Crippen molar-refractivity contribution < 1.29 is 0 Å². The Labute approximate surface area is 534 Å². The van der Waals surface area contributed by atoms with Crippen LogP contribution in [0.5, 0.6) is 0 Å². The number of nitrogens with zero attached hydrogens (tertiary/aromatic N) is 2. The molecule has 83 heavy (non-hydrogen) atoms. The van der Waals surface area contributed by atoms with Crippen molar-refractivity contribution in [3.8, 4) is 26.7 Å². The summed E-state index contributed by atoms with van der Waals surface area (Å²) in [5.74, 6) is 1.57. The number of aromatic nitrogens is 2. The molecule has 5 aromatic heterocycles. The van der Waals surface area contributed by atoms with Gasteiger partial charge in [0.1, 0.15) is 0 Å². The summed E-state index contributed by atoms with van der Waals surface area (Å²) in [4.78, 5) is 33.3. The smallest absolute Gasteiger partial charge is 0.0654 e. The molecule has 7 heteroatoms. The van der Waals surface area contributed by atoms with Crippen LogP contribution in [0, 0.1) is 25.7 Å². The number of unbranched alkanes of at least 4 members (excludes halogenated alkanes) is 34. The van der Waals surface area contributed by atoms with Crippen LogP contribution in [0.1, 0.15) is 332 Å². The van der Waals surface area contributed by atoms with Gasteiger partial charge in [0.05, 0.1) is 0 Å². The Balaban J connectivity index is 1.36. The molecule has 0 spiro atoms. The van der Waals surface area contributed by atoms with E-state index in [2.05, 4.69) is 99.2 Å². The van der Waals surface area contributed by atoms with Gasteiger partial charge in [0, 0.05) is 0 Å². The van der Waals surface area contributed by atoms with Crippen LogP contribution in [-0.2, 0) is 13.1 Å². The van der Waals surface area contributed by atoms with E-state index in [0.717, 1.165) is 66.2 Å². The van der Waals surface area contributed by atoms with Gasteiger partial charge in [-0.05, 0) is 0 Å². The third kappa shape index (κ3) is 28.6. The molecule has 5 aromatic rings. The van der Waals surface area contributed by atoms with Gasteiger partial charge in [0.25, 0.3) is 0 Å². The number of fused-ring (bicyclic) bond motifs is 1. The predicted molar refractivity (Wildman–Crippen MR) is 372 cm³/mol.